The van der Waals surface area contributed by atoms with Crippen LogP contribution in [0.3, 0.4) is 0 Å². The summed E-state index contributed by atoms with van der Waals surface area (Å²) in [7, 11) is 2.95. The van der Waals surface area contributed by atoms with E-state index in [0.29, 0.717) is 25.0 Å². The van der Waals surface area contributed by atoms with E-state index in [1.807, 2.05) is 0 Å². The van der Waals surface area contributed by atoms with Gasteiger partial charge < -0.3 is 4.74 Å². The average Bonchev–Trinajstić information content (AvgIpc) is 2.68. The van der Waals surface area contributed by atoms with E-state index in [2.05, 4.69) is 10.9 Å². The number of carbonyl (C=O) groups excluding carboxylic acids is 4. The van der Waals surface area contributed by atoms with Crippen molar-refractivity contribution in [3.8, 4) is 5.75 Å². The summed E-state index contributed by atoms with van der Waals surface area (Å²) in [5.74, 6) is -1.09. The molecule has 1 saturated heterocycles. The maximum Gasteiger partial charge on any atom is 0.273 e. The lowest BCUT2D eigenvalue weighted by atomic mass is 9.51. The normalized spacial score (nSPS) is 31.3. The Morgan fingerprint density at radius 1 is 0.966 bits per heavy atom. The molecule has 1 saturated carbocycles. The molecular weight excluding hydrogens is 374 g/mol. The number of nitrogens with one attached hydrogen (secondary N) is 2. The summed E-state index contributed by atoms with van der Waals surface area (Å²) < 4.78 is 5.17. The average molecular weight is 401 g/mol. The second kappa shape index (κ2) is 6.86. The van der Waals surface area contributed by atoms with Crippen LogP contribution in [0, 0.1) is 16.2 Å². The van der Waals surface area contributed by atoms with Crippen molar-refractivity contribution in [3.05, 3.63) is 29.8 Å². The Bertz CT molecular complexity index is 868. The molecule has 1 aromatic rings. The van der Waals surface area contributed by atoms with E-state index in [1.54, 1.807) is 45.0 Å². The largest absolute Gasteiger partial charge is 0.496 e. The van der Waals surface area contributed by atoms with Crippen molar-refractivity contribution >= 4 is 23.6 Å². The summed E-state index contributed by atoms with van der Waals surface area (Å²) >= 11 is 0. The third kappa shape index (κ3) is 3.36. The van der Waals surface area contributed by atoms with Crippen LogP contribution < -0.4 is 15.6 Å². The molecule has 1 heterocycles. The second-order valence-electron chi connectivity index (χ2n) is 8.99. The molecule has 2 bridgehead atoms. The maximum absolute atomic E-state index is 13.0. The molecule has 1 aliphatic carbocycles. The Balaban J connectivity index is 1.78. The number of rotatable bonds is 3. The Morgan fingerprint density at radius 3 is 2.07 bits per heavy atom. The van der Waals surface area contributed by atoms with Crippen LogP contribution in [0.25, 0.3) is 0 Å². The van der Waals surface area contributed by atoms with Crippen LogP contribution in [-0.4, -0.2) is 42.7 Å². The number of nitrogens with zero attached hydrogens (tertiary/aromatic N) is 1. The van der Waals surface area contributed by atoms with E-state index in [4.69, 9.17) is 4.74 Å². The van der Waals surface area contributed by atoms with Gasteiger partial charge in [-0.3, -0.25) is 34.9 Å². The van der Waals surface area contributed by atoms with Crippen molar-refractivity contribution in [1.82, 2.24) is 15.8 Å². The fraction of sp³-hybridized carbons (Fsp3) is 0.524. The quantitative estimate of drug-likeness (QED) is 0.592. The van der Waals surface area contributed by atoms with E-state index < -0.39 is 28.1 Å². The van der Waals surface area contributed by atoms with Gasteiger partial charge in [0.25, 0.3) is 5.91 Å². The summed E-state index contributed by atoms with van der Waals surface area (Å²) in [6, 6.07) is 6.67. The van der Waals surface area contributed by atoms with Gasteiger partial charge in [0, 0.05) is 17.9 Å². The van der Waals surface area contributed by atoms with Crippen LogP contribution in [-0.2, 0) is 14.4 Å². The minimum absolute atomic E-state index is 0.267. The van der Waals surface area contributed by atoms with Crippen LogP contribution in [0.15, 0.2) is 24.3 Å². The van der Waals surface area contributed by atoms with Gasteiger partial charge in [-0.15, -0.1) is 0 Å². The SMILES string of the molecule is COc1ccccc1C(=O)NNC(=O)C1(C)CC2(C)CC(C)(C1)C(=O)N(C)C2=O. The number of carbonyl (C=O) groups is 4. The summed E-state index contributed by atoms with van der Waals surface area (Å²) in [5.41, 5.74) is 2.57. The molecule has 0 aromatic heterocycles. The smallest absolute Gasteiger partial charge is 0.273 e. The van der Waals surface area contributed by atoms with E-state index in [0.717, 1.165) is 0 Å². The monoisotopic (exact) mass is 401 g/mol. The fourth-order valence-corrected chi connectivity index (χ4v) is 5.30. The number of imide groups is 1. The van der Waals surface area contributed by atoms with Gasteiger partial charge in [0.2, 0.25) is 17.7 Å². The highest BCUT2D eigenvalue weighted by molar-refractivity contribution is 6.04. The van der Waals surface area contributed by atoms with Crippen LogP contribution >= 0.6 is 0 Å². The predicted molar refractivity (Wildman–Crippen MR) is 105 cm³/mol. The number of hydrogen-bond acceptors (Lipinski definition) is 5. The third-order valence-electron chi connectivity index (χ3n) is 6.17. The van der Waals surface area contributed by atoms with Gasteiger partial charge in [0.05, 0.1) is 18.1 Å². The number of piperidine rings is 1. The van der Waals surface area contributed by atoms with Gasteiger partial charge in [-0.1, -0.05) is 32.9 Å². The number of amides is 4. The Hall–Kier alpha value is -2.90. The summed E-state index contributed by atoms with van der Waals surface area (Å²) in [6.07, 6.45) is 1.00. The maximum atomic E-state index is 13.0. The van der Waals surface area contributed by atoms with Gasteiger partial charge >= 0.3 is 0 Å². The first-order valence-corrected chi connectivity index (χ1v) is 9.52. The number of methoxy groups -OCH3 is 1. The number of fused-ring (bicyclic) bond motifs is 2. The molecule has 3 rings (SSSR count). The standard InChI is InChI=1S/C21H27N3O5/c1-19(10-20(2)12-21(3,11-19)18(28)24(4)17(20)27)16(26)23-22-15(25)13-8-6-7-9-14(13)29-5/h6-9H,10-12H2,1-5H3,(H,22,25)(H,23,26). The molecule has 0 radical (unpaired) electrons. The lowest BCUT2D eigenvalue weighted by molar-refractivity contribution is -0.178. The molecule has 29 heavy (non-hydrogen) atoms. The van der Waals surface area contributed by atoms with Gasteiger partial charge in [0.1, 0.15) is 5.75 Å². The van der Waals surface area contributed by atoms with Crippen molar-refractivity contribution in [1.29, 1.82) is 0 Å². The summed E-state index contributed by atoms with van der Waals surface area (Å²) in [5, 5.41) is 0. The highest BCUT2D eigenvalue weighted by atomic mass is 16.5. The van der Waals surface area contributed by atoms with E-state index in [1.165, 1.54) is 19.1 Å². The fourth-order valence-electron chi connectivity index (χ4n) is 5.30. The molecule has 8 nitrogen and oxygen atoms in total. The van der Waals surface area contributed by atoms with Crippen molar-refractivity contribution in [3.63, 3.8) is 0 Å². The first-order chi connectivity index (χ1) is 13.5. The molecule has 2 aliphatic rings. The highest BCUT2D eigenvalue weighted by Crippen LogP contribution is 2.58. The summed E-state index contributed by atoms with van der Waals surface area (Å²) in [4.78, 5) is 52.1. The topological polar surface area (TPSA) is 105 Å². The van der Waals surface area contributed by atoms with Gasteiger partial charge in [-0.05, 0) is 31.4 Å². The van der Waals surface area contributed by atoms with Crippen LogP contribution in [0.2, 0.25) is 0 Å². The Morgan fingerprint density at radius 2 is 1.52 bits per heavy atom. The molecule has 2 unspecified atom stereocenters. The molecule has 2 atom stereocenters. The molecule has 0 spiro atoms. The van der Waals surface area contributed by atoms with Crippen molar-refractivity contribution in [2.24, 2.45) is 16.2 Å². The van der Waals surface area contributed by atoms with Gasteiger partial charge in [0.15, 0.2) is 0 Å². The number of benzene rings is 1. The minimum Gasteiger partial charge on any atom is -0.496 e. The zero-order valence-corrected chi connectivity index (χ0v) is 17.4. The molecule has 2 N–H and O–H groups in total. The molecule has 4 amide bonds. The zero-order chi connectivity index (χ0) is 21.6. The predicted octanol–water partition coefficient (Wildman–Crippen LogP) is 1.66. The first-order valence-electron chi connectivity index (χ1n) is 9.52. The van der Waals surface area contributed by atoms with Gasteiger partial charge in [-0.2, -0.15) is 0 Å². The number of ether oxygens (including phenoxy) is 1. The van der Waals surface area contributed by atoms with Crippen molar-refractivity contribution < 1.29 is 23.9 Å². The minimum atomic E-state index is -0.984. The third-order valence-corrected chi connectivity index (χ3v) is 6.17. The number of likely N-dealkylation sites (tertiary alicyclic amines) is 1. The number of hydrogen-bond donors (Lipinski definition) is 2. The molecular formula is C21H27N3O5. The van der Waals surface area contributed by atoms with Crippen LogP contribution in [0.5, 0.6) is 5.75 Å². The van der Waals surface area contributed by atoms with E-state index in [9.17, 15) is 19.2 Å². The lowest BCUT2D eigenvalue weighted by Crippen LogP contribution is -2.64. The Kier molecular flexibility index (Phi) is 4.93. The first kappa shape index (κ1) is 20.8. The van der Waals surface area contributed by atoms with Crippen LogP contribution in [0.4, 0.5) is 0 Å². The molecule has 1 aliphatic heterocycles. The molecule has 2 fully saturated rings. The van der Waals surface area contributed by atoms with Crippen molar-refractivity contribution in [2.45, 2.75) is 40.0 Å². The van der Waals surface area contributed by atoms with Gasteiger partial charge in [-0.25, -0.2) is 0 Å². The summed E-state index contributed by atoms with van der Waals surface area (Å²) in [6.45, 7) is 5.34. The zero-order valence-electron chi connectivity index (χ0n) is 17.4. The van der Waals surface area contributed by atoms with E-state index in [-0.39, 0.29) is 17.4 Å². The molecule has 156 valence electrons. The number of para-hydroxylation sites is 1. The molecule has 8 heteroatoms. The lowest BCUT2D eigenvalue weighted by Gasteiger charge is -2.55. The number of hydrazine groups is 1. The molecule has 1 aromatic carbocycles. The van der Waals surface area contributed by atoms with Crippen molar-refractivity contribution in [2.75, 3.05) is 14.2 Å². The highest BCUT2D eigenvalue weighted by Gasteiger charge is 2.62. The van der Waals surface area contributed by atoms with Crippen LogP contribution in [0.1, 0.15) is 50.4 Å². The second-order valence-corrected chi connectivity index (χ2v) is 8.99. The van der Waals surface area contributed by atoms with E-state index >= 15 is 0 Å². The Labute approximate surface area is 169 Å².